The number of alkyl halides is 3. The van der Waals surface area contributed by atoms with Crippen LogP contribution in [0.5, 0.6) is 0 Å². The Kier molecular flexibility index (Phi) is 7.61. The van der Waals surface area contributed by atoms with Gasteiger partial charge in [-0.05, 0) is 69.6 Å². The highest BCUT2D eigenvalue weighted by molar-refractivity contribution is 6.00. The number of rotatable bonds is 8. The third kappa shape index (κ3) is 6.05. The van der Waals surface area contributed by atoms with Crippen molar-refractivity contribution in [3.05, 3.63) is 48.3 Å². The number of hydrogen-bond donors (Lipinski definition) is 2. The molecule has 2 unspecified atom stereocenters. The van der Waals surface area contributed by atoms with E-state index >= 15 is 0 Å². The van der Waals surface area contributed by atoms with Crippen molar-refractivity contribution in [2.45, 2.75) is 81.8 Å². The second-order valence-corrected chi connectivity index (χ2v) is 11.8. The molecule has 1 amide bonds. The Hall–Kier alpha value is -2.91. The van der Waals surface area contributed by atoms with Crippen LogP contribution >= 0.6 is 0 Å². The molecule has 2 aromatic rings. The first kappa shape index (κ1) is 27.3. The van der Waals surface area contributed by atoms with Gasteiger partial charge in [-0.15, -0.1) is 0 Å². The van der Waals surface area contributed by atoms with Gasteiger partial charge in [-0.2, -0.15) is 13.2 Å². The number of nitrogens with zero attached hydrogens (tertiary/aromatic N) is 2. The van der Waals surface area contributed by atoms with E-state index in [1.807, 2.05) is 12.1 Å². The van der Waals surface area contributed by atoms with Crippen LogP contribution in [0.15, 0.2) is 36.9 Å². The number of carbonyl (C=O) groups excluding carboxylic acids is 1. The summed E-state index contributed by atoms with van der Waals surface area (Å²) in [5.74, 6) is 0.117. The van der Waals surface area contributed by atoms with E-state index in [1.54, 1.807) is 24.3 Å². The first-order valence-electron chi connectivity index (χ1n) is 14.5. The fraction of sp³-hybridized carbons (Fsp3) is 0.548. The summed E-state index contributed by atoms with van der Waals surface area (Å²) in [5.41, 5.74) is 0.0713. The van der Waals surface area contributed by atoms with Crippen LogP contribution in [0.2, 0.25) is 0 Å². The van der Waals surface area contributed by atoms with Gasteiger partial charge in [0.2, 0.25) is 5.91 Å². The molecule has 214 valence electrons. The molecule has 6 nitrogen and oxygen atoms in total. The van der Waals surface area contributed by atoms with Crippen molar-refractivity contribution >= 4 is 34.0 Å². The van der Waals surface area contributed by atoms with Gasteiger partial charge in [0.15, 0.2) is 0 Å². The standard InChI is InChI=1S/C31H37F3N4O2/c1-19(31(32,33)34)29-26-5-2-6-28(27(26)16-22(37-29)4-3-15-35-30(39)20-7-8-20)36-21-9-11-23(12-10-21)38-17-24-13-14-25(18-38)40-24/h2-6,16,20-21,23-25,36H,1,7-15,17-18H2,(H,35,39)/b4-3+. The molecule has 2 saturated carbocycles. The maximum absolute atomic E-state index is 13.8. The summed E-state index contributed by atoms with van der Waals surface area (Å²) in [4.78, 5) is 18.9. The van der Waals surface area contributed by atoms with E-state index in [9.17, 15) is 18.0 Å². The van der Waals surface area contributed by atoms with Crippen molar-refractivity contribution in [2.75, 3.05) is 25.0 Å². The number of likely N-dealkylation sites (tertiary alicyclic amines) is 1. The first-order valence-corrected chi connectivity index (χ1v) is 14.5. The molecular formula is C31H37F3N4O2. The molecular weight excluding hydrogens is 517 g/mol. The van der Waals surface area contributed by atoms with Gasteiger partial charge in [0.25, 0.3) is 0 Å². The Morgan fingerprint density at radius 2 is 1.77 bits per heavy atom. The second kappa shape index (κ2) is 11.2. The molecule has 2 N–H and O–H groups in total. The minimum atomic E-state index is -4.60. The number of fused-ring (bicyclic) bond motifs is 3. The number of nitrogens with one attached hydrogen (secondary N) is 2. The molecule has 2 atom stereocenters. The molecule has 2 aliphatic carbocycles. The highest BCUT2D eigenvalue weighted by atomic mass is 19.4. The van der Waals surface area contributed by atoms with Gasteiger partial charge in [0.1, 0.15) is 0 Å². The predicted octanol–water partition coefficient (Wildman–Crippen LogP) is 5.94. The third-order valence-corrected chi connectivity index (χ3v) is 8.80. The topological polar surface area (TPSA) is 66.5 Å². The Morgan fingerprint density at radius 3 is 2.45 bits per heavy atom. The minimum Gasteiger partial charge on any atom is -0.382 e. The zero-order valence-corrected chi connectivity index (χ0v) is 22.7. The van der Waals surface area contributed by atoms with Gasteiger partial charge >= 0.3 is 6.18 Å². The first-order chi connectivity index (χ1) is 19.2. The highest BCUT2D eigenvalue weighted by Gasteiger charge is 2.38. The van der Waals surface area contributed by atoms with Gasteiger partial charge in [-0.1, -0.05) is 24.8 Å². The summed E-state index contributed by atoms with van der Waals surface area (Å²) in [6.45, 7) is 5.71. The van der Waals surface area contributed by atoms with Gasteiger partial charge in [-0.25, -0.2) is 4.98 Å². The van der Waals surface area contributed by atoms with E-state index in [2.05, 4.69) is 27.1 Å². The Labute approximate surface area is 233 Å². The zero-order chi connectivity index (χ0) is 27.9. The number of benzene rings is 1. The normalized spacial score (nSPS) is 27.3. The number of allylic oxidation sites excluding steroid dienone is 1. The lowest BCUT2D eigenvalue weighted by Gasteiger charge is -2.41. The average molecular weight is 555 g/mol. The van der Waals surface area contributed by atoms with Crippen molar-refractivity contribution < 1.29 is 22.7 Å². The van der Waals surface area contributed by atoms with Crippen molar-refractivity contribution in [3.63, 3.8) is 0 Å². The zero-order valence-electron chi connectivity index (χ0n) is 22.7. The molecule has 6 rings (SSSR count). The van der Waals surface area contributed by atoms with E-state index < -0.39 is 11.7 Å². The van der Waals surface area contributed by atoms with Crippen molar-refractivity contribution in [1.82, 2.24) is 15.2 Å². The van der Waals surface area contributed by atoms with Crippen molar-refractivity contribution in [2.24, 2.45) is 5.92 Å². The van der Waals surface area contributed by atoms with Gasteiger partial charge in [-0.3, -0.25) is 9.69 Å². The number of morpholine rings is 1. The number of halogens is 3. The Balaban J connectivity index is 1.19. The SMILES string of the molecule is C=C(c1nc(/C=C/CNC(=O)C2CC2)cc2c(NC3CCC(N4CC5CCC(C4)O5)CC3)cccc12)C(F)(F)F. The summed E-state index contributed by atoms with van der Waals surface area (Å²) in [6, 6.07) is 8.01. The van der Waals surface area contributed by atoms with Crippen LogP contribution in [0.4, 0.5) is 18.9 Å². The molecule has 1 aromatic heterocycles. The van der Waals surface area contributed by atoms with E-state index in [-0.39, 0.29) is 23.6 Å². The van der Waals surface area contributed by atoms with E-state index in [0.29, 0.717) is 41.3 Å². The average Bonchev–Trinajstić information content (AvgIpc) is 3.74. The summed E-state index contributed by atoms with van der Waals surface area (Å²) in [6.07, 6.45) is 7.94. The maximum atomic E-state index is 13.8. The second-order valence-electron chi connectivity index (χ2n) is 11.8. The number of carbonyl (C=O) groups is 1. The minimum absolute atomic E-state index is 0.0180. The summed E-state index contributed by atoms with van der Waals surface area (Å²) in [7, 11) is 0. The molecule has 2 saturated heterocycles. The lowest BCUT2D eigenvalue weighted by Crippen LogP contribution is -2.49. The molecule has 2 bridgehead atoms. The number of anilines is 1. The molecule has 4 fully saturated rings. The van der Waals surface area contributed by atoms with Crippen LogP contribution in [0.25, 0.3) is 22.4 Å². The van der Waals surface area contributed by atoms with E-state index in [4.69, 9.17) is 4.74 Å². The monoisotopic (exact) mass is 554 g/mol. The Morgan fingerprint density at radius 1 is 1.05 bits per heavy atom. The number of ether oxygens (including phenoxy) is 1. The molecule has 2 aliphatic heterocycles. The maximum Gasteiger partial charge on any atom is 0.417 e. The van der Waals surface area contributed by atoms with Crippen LogP contribution in [0.3, 0.4) is 0 Å². The van der Waals surface area contributed by atoms with Gasteiger partial charge in [0.05, 0.1) is 29.2 Å². The molecule has 9 heteroatoms. The fourth-order valence-electron chi connectivity index (χ4n) is 6.45. The van der Waals surface area contributed by atoms with Crippen molar-refractivity contribution in [3.8, 4) is 0 Å². The largest absolute Gasteiger partial charge is 0.417 e. The lowest BCUT2D eigenvalue weighted by atomic mass is 9.89. The molecule has 0 radical (unpaired) electrons. The number of amides is 1. The molecule has 4 aliphatic rings. The predicted molar refractivity (Wildman–Crippen MR) is 151 cm³/mol. The van der Waals surface area contributed by atoms with Crippen LogP contribution in [-0.2, 0) is 9.53 Å². The third-order valence-electron chi connectivity index (χ3n) is 8.80. The number of pyridine rings is 1. The molecule has 3 heterocycles. The van der Waals surface area contributed by atoms with E-state index in [0.717, 1.165) is 57.3 Å². The summed E-state index contributed by atoms with van der Waals surface area (Å²) < 4.78 is 47.3. The van der Waals surface area contributed by atoms with Crippen molar-refractivity contribution in [1.29, 1.82) is 0 Å². The molecule has 40 heavy (non-hydrogen) atoms. The van der Waals surface area contributed by atoms with Crippen LogP contribution in [-0.4, -0.2) is 65.9 Å². The lowest BCUT2D eigenvalue weighted by molar-refractivity contribution is -0.122. The Bertz CT molecular complexity index is 1290. The van der Waals surface area contributed by atoms with E-state index in [1.165, 1.54) is 12.8 Å². The summed E-state index contributed by atoms with van der Waals surface area (Å²) >= 11 is 0. The van der Waals surface area contributed by atoms with Crippen LogP contribution in [0, 0.1) is 5.92 Å². The molecule has 1 aromatic carbocycles. The molecule has 0 spiro atoms. The summed E-state index contributed by atoms with van der Waals surface area (Å²) in [5, 5.41) is 7.60. The quantitative estimate of drug-likeness (QED) is 0.423. The smallest absolute Gasteiger partial charge is 0.382 e. The number of aromatic nitrogens is 1. The van der Waals surface area contributed by atoms with Crippen LogP contribution in [0.1, 0.15) is 62.8 Å². The van der Waals surface area contributed by atoms with Crippen LogP contribution < -0.4 is 10.6 Å². The highest BCUT2D eigenvalue weighted by Crippen LogP contribution is 2.38. The van der Waals surface area contributed by atoms with Gasteiger partial charge in [0, 0.05) is 54.1 Å². The van der Waals surface area contributed by atoms with Gasteiger partial charge < -0.3 is 15.4 Å². The number of hydrogen-bond acceptors (Lipinski definition) is 5. The fourth-order valence-corrected chi connectivity index (χ4v) is 6.45.